The highest BCUT2D eigenvalue weighted by atomic mass is 127. The van der Waals surface area contributed by atoms with Crippen molar-refractivity contribution in [1.29, 1.82) is 0 Å². The smallest absolute Gasteiger partial charge is 0.308 e. The van der Waals surface area contributed by atoms with Crippen molar-refractivity contribution in [3.63, 3.8) is 0 Å². The molecule has 1 rings (SSSR count). The van der Waals surface area contributed by atoms with Crippen molar-refractivity contribution >= 4 is 28.6 Å². The van der Waals surface area contributed by atoms with Crippen molar-refractivity contribution in [2.75, 3.05) is 13.7 Å². The number of carbonyl (C=O) groups excluding carboxylic acids is 1. The molecule has 0 bridgehead atoms. The lowest BCUT2D eigenvalue weighted by Crippen LogP contribution is -2.07. The summed E-state index contributed by atoms with van der Waals surface area (Å²) in [5.74, 6) is 0.518. The fourth-order valence-corrected chi connectivity index (χ4v) is 1.24. The van der Waals surface area contributed by atoms with Crippen LogP contribution >= 0.6 is 22.6 Å². The van der Waals surface area contributed by atoms with Gasteiger partial charge in [-0.05, 0) is 46.9 Å². The average molecular weight is 306 g/mol. The molecular formula is C10H11IO3. The fourth-order valence-electron chi connectivity index (χ4n) is 0.885. The van der Waals surface area contributed by atoms with Crippen molar-refractivity contribution in [1.82, 2.24) is 0 Å². The number of ether oxygens (including phenoxy) is 2. The molecule has 0 fully saturated rings. The van der Waals surface area contributed by atoms with E-state index in [1.54, 1.807) is 0 Å². The summed E-state index contributed by atoms with van der Waals surface area (Å²) in [5.41, 5.74) is 0. The van der Waals surface area contributed by atoms with Crippen LogP contribution in [-0.2, 0) is 9.53 Å². The van der Waals surface area contributed by atoms with Crippen LogP contribution in [-0.4, -0.2) is 19.7 Å². The molecule has 0 amide bonds. The molecule has 76 valence electrons. The summed E-state index contributed by atoms with van der Waals surface area (Å²) in [6, 6.07) is 7.65. The van der Waals surface area contributed by atoms with Crippen LogP contribution in [0.3, 0.4) is 0 Å². The van der Waals surface area contributed by atoms with Crippen LogP contribution in [0, 0.1) is 3.57 Å². The molecule has 3 nitrogen and oxygen atoms in total. The molecule has 0 aromatic heterocycles. The second-order valence-corrected chi connectivity index (χ2v) is 3.87. The van der Waals surface area contributed by atoms with Gasteiger partial charge in [-0.1, -0.05) is 0 Å². The Morgan fingerprint density at radius 1 is 1.36 bits per heavy atom. The van der Waals surface area contributed by atoms with E-state index in [1.807, 2.05) is 24.3 Å². The number of rotatable bonds is 4. The fraction of sp³-hybridized carbons (Fsp3) is 0.300. The molecule has 4 heteroatoms. The van der Waals surface area contributed by atoms with Crippen LogP contribution in [0.5, 0.6) is 5.75 Å². The van der Waals surface area contributed by atoms with E-state index >= 15 is 0 Å². The average Bonchev–Trinajstić information content (AvgIpc) is 2.21. The second-order valence-electron chi connectivity index (χ2n) is 2.63. The summed E-state index contributed by atoms with van der Waals surface area (Å²) in [4.78, 5) is 10.8. The van der Waals surface area contributed by atoms with Gasteiger partial charge >= 0.3 is 5.97 Å². The largest absolute Gasteiger partial charge is 0.493 e. The summed E-state index contributed by atoms with van der Waals surface area (Å²) < 4.78 is 11.0. The highest BCUT2D eigenvalue weighted by molar-refractivity contribution is 14.1. The molecule has 0 unspecified atom stereocenters. The molecule has 0 saturated heterocycles. The Labute approximate surface area is 96.5 Å². The molecule has 0 atom stereocenters. The second kappa shape index (κ2) is 5.85. The van der Waals surface area contributed by atoms with Gasteiger partial charge in [0.15, 0.2) is 0 Å². The molecule has 0 aliphatic carbocycles. The molecule has 0 saturated carbocycles. The van der Waals surface area contributed by atoms with Gasteiger partial charge in [-0.2, -0.15) is 0 Å². The Kier molecular flexibility index (Phi) is 4.72. The Morgan fingerprint density at radius 3 is 2.57 bits per heavy atom. The third kappa shape index (κ3) is 3.95. The highest BCUT2D eigenvalue weighted by Gasteiger charge is 2.00. The van der Waals surface area contributed by atoms with E-state index in [2.05, 4.69) is 27.3 Å². The monoisotopic (exact) mass is 306 g/mol. The van der Waals surface area contributed by atoms with E-state index in [4.69, 9.17) is 4.74 Å². The van der Waals surface area contributed by atoms with Gasteiger partial charge in [0.05, 0.1) is 20.1 Å². The number of methoxy groups -OCH3 is 1. The molecule has 0 N–H and O–H groups in total. The topological polar surface area (TPSA) is 35.5 Å². The molecule has 0 aliphatic rings. The highest BCUT2D eigenvalue weighted by Crippen LogP contribution is 2.13. The van der Waals surface area contributed by atoms with Crippen molar-refractivity contribution in [2.24, 2.45) is 0 Å². The van der Waals surface area contributed by atoms with Crippen molar-refractivity contribution in [2.45, 2.75) is 6.42 Å². The summed E-state index contributed by atoms with van der Waals surface area (Å²) in [7, 11) is 1.37. The minimum atomic E-state index is -0.254. The quantitative estimate of drug-likeness (QED) is 0.632. The summed E-state index contributed by atoms with van der Waals surface area (Å²) in [6.45, 7) is 0.354. The Bertz CT molecular complexity index is 295. The standard InChI is InChI=1S/C10H11IO3/c1-13-10(12)6-7-14-9-4-2-8(11)3-5-9/h2-5H,6-7H2,1H3. The lowest BCUT2D eigenvalue weighted by atomic mass is 10.3. The molecule has 0 aliphatic heterocycles. The van der Waals surface area contributed by atoms with Crippen molar-refractivity contribution in [3.05, 3.63) is 27.8 Å². The molecule has 1 aromatic rings. The number of halogens is 1. The van der Waals surface area contributed by atoms with Crippen molar-refractivity contribution < 1.29 is 14.3 Å². The van der Waals surface area contributed by atoms with E-state index in [0.717, 1.165) is 9.32 Å². The van der Waals surface area contributed by atoms with E-state index in [-0.39, 0.29) is 12.4 Å². The van der Waals surface area contributed by atoms with Crippen LogP contribution in [0.2, 0.25) is 0 Å². The number of hydrogen-bond donors (Lipinski definition) is 0. The summed E-state index contributed by atoms with van der Waals surface area (Å²) in [5, 5.41) is 0. The van der Waals surface area contributed by atoms with Gasteiger partial charge in [-0.15, -0.1) is 0 Å². The third-order valence-corrected chi connectivity index (χ3v) is 2.34. The number of carbonyl (C=O) groups is 1. The van der Waals surface area contributed by atoms with Gasteiger partial charge in [0.1, 0.15) is 5.75 Å². The first-order chi connectivity index (χ1) is 6.72. The normalized spacial score (nSPS) is 9.57. The van der Waals surface area contributed by atoms with Crippen molar-refractivity contribution in [3.8, 4) is 5.75 Å². The zero-order chi connectivity index (χ0) is 10.4. The van der Waals surface area contributed by atoms with Crippen LogP contribution in [0.15, 0.2) is 24.3 Å². The third-order valence-electron chi connectivity index (χ3n) is 1.62. The maximum atomic E-state index is 10.8. The summed E-state index contributed by atoms with van der Waals surface area (Å²) >= 11 is 2.22. The first-order valence-electron chi connectivity index (χ1n) is 4.17. The molecule has 0 heterocycles. The lowest BCUT2D eigenvalue weighted by molar-refractivity contribution is -0.141. The van der Waals surface area contributed by atoms with E-state index < -0.39 is 0 Å². The maximum absolute atomic E-state index is 10.8. The molecule has 14 heavy (non-hydrogen) atoms. The number of hydrogen-bond acceptors (Lipinski definition) is 3. The van der Waals surface area contributed by atoms with Gasteiger partial charge in [0.2, 0.25) is 0 Å². The SMILES string of the molecule is COC(=O)CCOc1ccc(I)cc1. The van der Waals surface area contributed by atoms with Gasteiger partial charge in [0.25, 0.3) is 0 Å². The Balaban J connectivity index is 2.31. The molecule has 0 spiro atoms. The molecular weight excluding hydrogens is 295 g/mol. The lowest BCUT2D eigenvalue weighted by Gasteiger charge is -2.04. The molecule has 1 aromatic carbocycles. The van der Waals surface area contributed by atoms with E-state index in [1.165, 1.54) is 7.11 Å². The first-order valence-corrected chi connectivity index (χ1v) is 5.25. The summed E-state index contributed by atoms with van der Waals surface area (Å²) in [6.07, 6.45) is 0.280. The Hall–Kier alpha value is -0.780. The van der Waals surface area contributed by atoms with Crippen LogP contribution in [0.1, 0.15) is 6.42 Å². The minimum absolute atomic E-state index is 0.254. The van der Waals surface area contributed by atoms with Crippen LogP contribution in [0.25, 0.3) is 0 Å². The number of benzene rings is 1. The molecule has 0 radical (unpaired) electrons. The van der Waals surface area contributed by atoms with Crippen LogP contribution < -0.4 is 4.74 Å². The van der Waals surface area contributed by atoms with Gasteiger partial charge in [-0.25, -0.2) is 0 Å². The zero-order valence-electron chi connectivity index (χ0n) is 7.83. The first kappa shape index (κ1) is 11.3. The maximum Gasteiger partial charge on any atom is 0.308 e. The van der Waals surface area contributed by atoms with Crippen LogP contribution in [0.4, 0.5) is 0 Å². The zero-order valence-corrected chi connectivity index (χ0v) is 9.98. The van der Waals surface area contributed by atoms with Gasteiger partial charge in [-0.3, -0.25) is 4.79 Å². The van der Waals surface area contributed by atoms with E-state index in [0.29, 0.717) is 6.61 Å². The predicted octanol–water partition coefficient (Wildman–Crippen LogP) is 2.23. The number of esters is 1. The van der Waals surface area contributed by atoms with Gasteiger partial charge < -0.3 is 9.47 Å². The minimum Gasteiger partial charge on any atom is -0.493 e. The predicted molar refractivity (Wildman–Crippen MR) is 61.3 cm³/mol. The van der Waals surface area contributed by atoms with E-state index in [9.17, 15) is 4.79 Å². The van der Waals surface area contributed by atoms with Gasteiger partial charge in [0, 0.05) is 3.57 Å². The Morgan fingerprint density at radius 2 is 2.00 bits per heavy atom.